The van der Waals surface area contributed by atoms with Gasteiger partial charge in [-0.1, -0.05) is 37.3 Å². The van der Waals surface area contributed by atoms with Crippen LogP contribution in [0.4, 0.5) is 0 Å². The Kier molecular flexibility index (Phi) is 6.43. The van der Waals surface area contributed by atoms with Crippen molar-refractivity contribution in [1.29, 1.82) is 0 Å². The Balaban J connectivity index is 2.46. The van der Waals surface area contributed by atoms with E-state index in [1.165, 1.54) is 0 Å². The first-order valence-corrected chi connectivity index (χ1v) is 8.36. The number of hydrogen-bond acceptors (Lipinski definition) is 3. The SMILES string of the molecule is CC(CC=O)C(O)P(=O)(O)CCCc1ccccc1. The van der Waals surface area contributed by atoms with Crippen molar-refractivity contribution in [3.8, 4) is 0 Å². The van der Waals surface area contributed by atoms with E-state index in [4.69, 9.17) is 0 Å². The van der Waals surface area contributed by atoms with Crippen molar-refractivity contribution >= 4 is 13.7 Å². The van der Waals surface area contributed by atoms with Gasteiger partial charge in [-0.25, -0.2) is 0 Å². The topological polar surface area (TPSA) is 74.6 Å². The Morgan fingerprint density at radius 2 is 1.95 bits per heavy atom. The van der Waals surface area contributed by atoms with Crippen molar-refractivity contribution < 1.29 is 19.4 Å². The smallest absolute Gasteiger partial charge is 0.228 e. The zero-order valence-corrected chi connectivity index (χ0v) is 12.0. The highest BCUT2D eigenvalue weighted by Gasteiger charge is 2.32. The van der Waals surface area contributed by atoms with E-state index < -0.39 is 19.1 Å². The lowest BCUT2D eigenvalue weighted by Crippen LogP contribution is -2.20. The Bertz CT molecular complexity index is 432. The molecule has 0 aliphatic heterocycles. The minimum Gasteiger partial charge on any atom is -0.383 e. The molecule has 0 radical (unpaired) electrons. The molecule has 5 heteroatoms. The van der Waals surface area contributed by atoms with Gasteiger partial charge in [0.15, 0.2) is 0 Å². The fraction of sp³-hybridized carbons (Fsp3) is 0.500. The van der Waals surface area contributed by atoms with Gasteiger partial charge in [0.05, 0.1) is 0 Å². The molecule has 3 unspecified atom stereocenters. The summed E-state index contributed by atoms with van der Waals surface area (Å²) in [7, 11) is -3.61. The minimum atomic E-state index is -3.61. The molecule has 19 heavy (non-hydrogen) atoms. The van der Waals surface area contributed by atoms with Crippen LogP contribution in [0.3, 0.4) is 0 Å². The molecular formula is C14H21O4P. The van der Waals surface area contributed by atoms with E-state index in [9.17, 15) is 19.4 Å². The standard InChI is InChI=1S/C14H21O4P/c1-12(9-10-15)14(16)19(17,18)11-5-8-13-6-3-2-4-7-13/h2-4,6-7,10,12,14,16H,5,8-9,11H2,1H3,(H,17,18). The number of aliphatic hydroxyl groups excluding tert-OH is 1. The zero-order chi connectivity index (χ0) is 14.3. The van der Waals surface area contributed by atoms with Gasteiger partial charge in [0.1, 0.15) is 12.1 Å². The first-order valence-electron chi connectivity index (χ1n) is 6.44. The highest BCUT2D eigenvalue weighted by molar-refractivity contribution is 7.58. The third-order valence-electron chi connectivity index (χ3n) is 3.18. The Labute approximate surface area is 113 Å². The van der Waals surface area contributed by atoms with Crippen LogP contribution in [0.5, 0.6) is 0 Å². The summed E-state index contributed by atoms with van der Waals surface area (Å²) in [5, 5.41) is 9.80. The number of benzene rings is 1. The van der Waals surface area contributed by atoms with Gasteiger partial charge in [-0.05, 0) is 24.3 Å². The summed E-state index contributed by atoms with van der Waals surface area (Å²) in [6.45, 7) is 1.61. The highest BCUT2D eigenvalue weighted by atomic mass is 31.2. The van der Waals surface area contributed by atoms with E-state index in [2.05, 4.69) is 0 Å². The second-order valence-corrected chi connectivity index (χ2v) is 7.35. The molecule has 2 N–H and O–H groups in total. The third-order valence-corrected chi connectivity index (χ3v) is 5.47. The second-order valence-electron chi connectivity index (χ2n) is 4.86. The predicted octanol–water partition coefficient (Wildman–Crippen LogP) is 2.43. The van der Waals surface area contributed by atoms with Gasteiger partial charge in [0.2, 0.25) is 7.37 Å². The van der Waals surface area contributed by atoms with Crippen LogP contribution in [0.1, 0.15) is 25.3 Å². The maximum absolute atomic E-state index is 12.0. The van der Waals surface area contributed by atoms with Gasteiger partial charge in [-0.3, -0.25) is 4.57 Å². The lowest BCUT2D eigenvalue weighted by atomic mass is 10.1. The summed E-state index contributed by atoms with van der Waals surface area (Å²) in [4.78, 5) is 20.2. The summed E-state index contributed by atoms with van der Waals surface area (Å²) < 4.78 is 12.0. The molecule has 1 rings (SSSR count). The summed E-state index contributed by atoms with van der Waals surface area (Å²) >= 11 is 0. The van der Waals surface area contributed by atoms with E-state index >= 15 is 0 Å². The van der Waals surface area contributed by atoms with Crippen LogP contribution in [0.15, 0.2) is 30.3 Å². The molecule has 1 aromatic carbocycles. The summed E-state index contributed by atoms with van der Waals surface area (Å²) in [6.07, 6.45) is 2.09. The van der Waals surface area contributed by atoms with Crippen molar-refractivity contribution in [2.75, 3.05) is 6.16 Å². The van der Waals surface area contributed by atoms with Crippen molar-refractivity contribution in [1.82, 2.24) is 0 Å². The molecule has 3 atom stereocenters. The fourth-order valence-corrected chi connectivity index (χ4v) is 3.75. The molecular weight excluding hydrogens is 263 g/mol. The monoisotopic (exact) mass is 284 g/mol. The highest BCUT2D eigenvalue weighted by Crippen LogP contribution is 2.49. The van der Waals surface area contributed by atoms with Gasteiger partial charge in [-0.15, -0.1) is 0 Å². The minimum absolute atomic E-state index is 0.0757. The van der Waals surface area contributed by atoms with Crippen LogP contribution >= 0.6 is 7.37 Å². The van der Waals surface area contributed by atoms with Gasteiger partial charge in [-0.2, -0.15) is 0 Å². The van der Waals surface area contributed by atoms with Crippen LogP contribution < -0.4 is 0 Å². The predicted molar refractivity (Wildman–Crippen MR) is 75.3 cm³/mol. The van der Waals surface area contributed by atoms with Crippen LogP contribution in [-0.2, 0) is 15.8 Å². The molecule has 0 spiro atoms. The number of aryl methyl sites for hydroxylation is 1. The number of carbonyl (C=O) groups excluding carboxylic acids is 1. The Hall–Kier alpha value is -0.960. The fourth-order valence-electron chi connectivity index (χ4n) is 1.96. The second kappa shape index (κ2) is 7.59. The van der Waals surface area contributed by atoms with E-state index in [0.29, 0.717) is 19.1 Å². The molecule has 106 valence electrons. The molecule has 0 bridgehead atoms. The van der Waals surface area contributed by atoms with Crippen molar-refractivity contribution in [2.24, 2.45) is 5.92 Å². The quantitative estimate of drug-likeness (QED) is 0.568. The Morgan fingerprint density at radius 3 is 2.53 bits per heavy atom. The molecule has 0 heterocycles. The lowest BCUT2D eigenvalue weighted by molar-refractivity contribution is -0.108. The summed E-state index contributed by atoms with van der Waals surface area (Å²) in [6, 6.07) is 9.70. The van der Waals surface area contributed by atoms with Crippen molar-refractivity contribution in [3.05, 3.63) is 35.9 Å². The number of aliphatic hydroxyl groups is 1. The van der Waals surface area contributed by atoms with Crippen LogP contribution in [0.25, 0.3) is 0 Å². The molecule has 0 aliphatic carbocycles. The average Bonchev–Trinajstić information content (AvgIpc) is 2.39. The molecule has 0 amide bonds. The third kappa shape index (κ3) is 5.27. The van der Waals surface area contributed by atoms with Crippen molar-refractivity contribution in [2.45, 2.75) is 32.0 Å². The molecule has 0 saturated heterocycles. The molecule has 0 aromatic heterocycles. The molecule has 1 aromatic rings. The number of hydrogen-bond donors (Lipinski definition) is 2. The van der Waals surface area contributed by atoms with Gasteiger partial charge in [0, 0.05) is 12.6 Å². The largest absolute Gasteiger partial charge is 0.383 e. The van der Waals surface area contributed by atoms with Gasteiger partial charge < -0.3 is 14.8 Å². The first kappa shape index (κ1) is 16.1. The molecule has 0 saturated carbocycles. The maximum atomic E-state index is 12.0. The Morgan fingerprint density at radius 1 is 1.32 bits per heavy atom. The summed E-state index contributed by atoms with van der Waals surface area (Å²) in [5.41, 5.74) is 1.11. The van der Waals surface area contributed by atoms with E-state index in [0.717, 1.165) is 5.56 Å². The molecule has 0 aliphatic rings. The molecule has 4 nitrogen and oxygen atoms in total. The summed E-state index contributed by atoms with van der Waals surface area (Å²) in [5.74, 6) is -1.79. The van der Waals surface area contributed by atoms with Gasteiger partial charge in [0.25, 0.3) is 0 Å². The van der Waals surface area contributed by atoms with Crippen molar-refractivity contribution in [3.63, 3.8) is 0 Å². The number of carbonyl (C=O) groups is 1. The van der Waals surface area contributed by atoms with Crippen LogP contribution in [0, 0.1) is 5.92 Å². The lowest BCUT2D eigenvalue weighted by Gasteiger charge is -2.22. The van der Waals surface area contributed by atoms with Crippen LogP contribution in [0.2, 0.25) is 0 Å². The van der Waals surface area contributed by atoms with Gasteiger partial charge >= 0.3 is 0 Å². The number of aldehydes is 1. The maximum Gasteiger partial charge on any atom is 0.228 e. The number of rotatable bonds is 8. The first-order chi connectivity index (χ1) is 8.97. The molecule has 0 fully saturated rings. The van der Waals surface area contributed by atoms with E-state index in [-0.39, 0.29) is 12.6 Å². The average molecular weight is 284 g/mol. The van der Waals surface area contributed by atoms with E-state index in [1.807, 2.05) is 30.3 Å². The normalized spacial score (nSPS) is 17.4. The zero-order valence-electron chi connectivity index (χ0n) is 11.1. The van der Waals surface area contributed by atoms with Crippen LogP contribution in [-0.4, -0.2) is 28.3 Å². The van der Waals surface area contributed by atoms with E-state index in [1.54, 1.807) is 6.92 Å².